The maximum Gasteiger partial charge on any atom is 0.242 e. The zero-order chi connectivity index (χ0) is 10.0. The molecule has 1 rings (SSSR count). The maximum absolute atomic E-state index is 10.7. The number of hydrogen-bond acceptors (Lipinski definition) is 4. The highest BCUT2D eigenvalue weighted by atomic mass is 16.3. The molecule has 0 aliphatic carbocycles. The van der Waals surface area contributed by atoms with E-state index in [-0.39, 0.29) is 0 Å². The van der Waals surface area contributed by atoms with Gasteiger partial charge in [-0.1, -0.05) is 5.21 Å². The van der Waals surface area contributed by atoms with Gasteiger partial charge < -0.3 is 10.8 Å². The fourth-order valence-corrected chi connectivity index (χ4v) is 0.801. The van der Waals surface area contributed by atoms with Crippen LogP contribution >= 0.6 is 0 Å². The number of aliphatic hydroxyl groups excluding tert-OH is 1. The largest absolute Gasteiger partial charge is 0.387 e. The molecule has 0 aliphatic rings. The van der Waals surface area contributed by atoms with E-state index < -0.39 is 18.1 Å². The van der Waals surface area contributed by atoms with Crippen LogP contribution in [0.15, 0.2) is 6.20 Å². The van der Waals surface area contributed by atoms with E-state index in [1.807, 2.05) is 0 Å². The van der Waals surface area contributed by atoms with E-state index in [9.17, 15) is 4.79 Å². The molecular formula is C7H12N4O2. The fourth-order valence-electron chi connectivity index (χ4n) is 0.801. The molecule has 0 aromatic carbocycles. The number of aliphatic hydroxyl groups is 1. The van der Waals surface area contributed by atoms with E-state index in [1.54, 1.807) is 13.8 Å². The molecule has 6 nitrogen and oxygen atoms in total. The normalized spacial score (nSPS) is 15.3. The Morgan fingerprint density at radius 2 is 2.31 bits per heavy atom. The molecule has 0 saturated carbocycles. The van der Waals surface area contributed by atoms with Crippen LogP contribution in [0.5, 0.6) is 0 Å². The van der Waals surface area contributed by atoms with Crippen molar-refractivity contribution in [1.82, 2.24) is 15.0 Å². The summed E-state index contributed by atoms with van der Waals surface area (Å²) in [6.45, 7) is 3.19. The summed E-state index contributed by atoms with van der Waals surface area (Å²) < 4.78 is 1.32. The molecule has 1 amide bonds. The summed E-state index contributed by atoms with van der Waals surface area (Å²) in [7, 11) is 0. The molecular weight excluding hydrogens is 172 g/mol. The number of aromatic nitrogens is 3. The highest BCUT2D eigenvalue weighted by Gasteiger charge is 2.14. The van der Waals surface area contributed by atoms with Gasteiger partial charge in [0.15, 0.2) is 0 Å². The van der Waals surface area contributed by atoms with E-state index in [0.29, 0.717) is 5.69 Å². The molecule has 6 heteroatoms. The van der Waals surface area contributed by atoms with Gasteiger partial charge in [-0.3, -0.25) is 4.79 Å². The van der Waals surface area contributed by atoms with Gasteiger partial charge in [0.2, 0.25) is 5.91 Å². The zero-order valence-corrected chi connectivity index (χ0v) is 7.51. The lowest BCUT2D eigenvalue weighted by Gasteiger charge is -2.04. The highest BCUT2D eigenvalue weighted by molar-refractivity contribution is 5.77. The van der Waals surface area contributed by atoms with Crippen molar-refractivity contribution in [3.05, 3.63) is 11.9 Å². The Morgan fingerprint density at radius 1 is 1.69 bits per heavy atom. The molecule has 0 bridgehead atoms. The standard InChI is InChI=1S/C7H12N4O2/c1-4(7(8)13)11-3-6(5(2)12)9-10-11/h3-5,12H,1-2H3,(H2,8,13). The zero-order valence-electron chi connectivity index (χ0n) is 7.51. The second-order valence-corrected chi connectivity index (χ2v) is 2.88. The van der Waals surface area contributed by atoms with E-state index in [1.165, 1.54) is 10.9 Å². The second-order valence-electron chi connectivity index (χ2n) is 2.88. The van der Waals surface area contributed by atoms with Crippen LogP contribution in [0.3, 0.4) is 0 Å². The Bertz CT molecular complexity index is 307. The molecule has 72 valence electrons. The molecule has 2 unspecified atom stereocenters. The molecule has 0 radical (unpaired) electrons. The van der Waals surface area contributed by atoms with Gasteiger partial charge in [0.25, 0.3) is 0 Å². The Kier molecular flexibility index (Phi) is 2.62. The summed E-state index contributed by atoms with van der Waals surface area (Å²) in [5.74, 6) is -0.484. The third-order valence-electron chi connectivity index (χ3n) is 1.76. The van der Waals surface area contributed by atoms with Crippen molar-refractivity contribution in [2.45, 2.75) is 26.0 Å². The monoisotopic (exact) mass is 184 g/mol. The van der Waals surface area contributed by atoms with Crippen molar-refractivity contribution in [2.75, 3.05) is 0 Å². The van der Waals surface area contributed by atoms with Crippen molar-refractivity contribution < 1.29 is 9.90 Å². The van der Waals surface area contributed by atoms with Gasteiger partial charge in [0.05, 0.1) is 12.3 Å². The van der Waals surface area contributed by atoms with Gasteiger partial charge in [0, 0.05) is 0 Å². The van der Waals surface area contributed by atoms with Crippen molar-refractivity contribution in [2.24, 2.45) is 5.73 Å². The molecule has 2 atom stereocenters. The van der Waals surface area contributed by atoms with Crippen LogP contribution in [0.2, 0.25) is 0 Å². The average Bonchev–Trinajstić information content (AvgIpc) is 2.50. The predicted molar refractivity (Wildman–Crippen MR) is 44.6 cm³/mol. The summed E-state index contributed by atoms with van der Waals surface area (Å²) in [5.41, 5.74) is 5.49. The summed E-state index contributed by atoms with van der Waals surface area (Å²) in [4.78, 5) is 10.7. The van der Waals surface area contributed by atoms with Crippen molar-refractivity contribution in [3.63, 3.8) is 0 Å². The first kappa shape index (κ1) is 9.66. The van der Waals surface area contributed by atoms with Crippen molar-refractivity contribution >= 4 is 5.91 Å². The minimum Gasteiger partial charge on any atom is -0.387 e. The summed E-state index contributed by atoms with van der Waals surface area (Å²) >= 11 is 0. The van der Waals surface area contributed by atoms with Crippen LogP contribution in [0.25, 0.3) is 0 Å². The highest BCUT2D eigenvalue weighted by Crippen LogP contribution is 2.09. The van der Waals surface area contributed by atoms with Crippen LogP contribution < -0.4 is 5.73 Å². The van der Waals surface area contributed by atoms with Crippen LogP contribution in [0.1, 0.15) is 31.7 Å². The molecule has 1 aromatic rings. The first-order valence-electron chi connectivity index (χ1n) is 3.91. The third-order valence-corrected chi connectivity index (χ3v) is 1.76. The van der Waals surface area contributed by atoms with Gasteiger partial charge in [0.1, 0.15) is 11.7 Å². The quantitative estimate of drug-likeness (QED) is 0.654. The molecule has 1 heterocycles. The minimum atomic E-state index is -0.686. The summed E-state index contributed by atoms with van der Waals surface area (Å²) in [5, 5.41) is 16.5. The molecule has 0 spiro atoms. The van der Waals surface area contributed by atoms with Crippen LogP contribution in [-0.2, 0) is 4.79 Å². The number of carbonyl (C=O) groups is 1. The summed E-state index contributed by atoms with van der Waals surface area (Å²) in [6.07, 6.45) is 0.814. The SMILES string of the molecule is CC(O)c1cn(C(C)C(N)=O)nn1. The van der Waals surface area contributed by atoms with Crippen molar-refractivity contribution in [1.29, 1.82) is 0 Å². The van der Waals surface area contributed by atoms with Gasteiger partial charge in [-0.2, -0.15) is 0 Å². The molecule has 3 N–H and O–H groups in total. The molecule has 13 heavy (non-hydrogen) atoms. The van der Waals surface area contributed by atoms with Crippen molar-refractivity contribution in [3.8, 4) is 0 Å². The van der Waals surface area contributed by atoms with Crippen LogP contribution in [0.4, 0.5) is 0 Å². The minimum absolute atomic E-state index is 0.424. The number of amides is 1. The first-order valence-corrected chi connectivity index (χ1v) is 3.91. The number of rotatable bonds is 3. The van der Waals surface area contributed by atoms with E-state index in [4.69, 9.17) is 10.8 Å². The van der Waals surface area contributed by atoms with Gasteiger partial charge in [-0.25, -0.2) is 4.68 Å². The topological polar surface area (TPSA) is 94.0 Å². The van der Waals surface area contributed by atoms with Gasteiger partial charge >= 0.3 is 0 Å². The number of nitrogens with zero attached hydrogens (tertiary/aromatic N) is 3. The predicted octanol–water partition coefficient (Wildman–Crippen LogP) is -0.622. The number of hydrogen-bond donors (Lipinski definition) is 2. The molecule has 1 aromatic heterocycles. The van der Waals surface area contributed by atoms with E-state index >= 15 is 0 Å². The number of primary amides is 1. The van der Waals surface area contributed by atoms with E-state index in [0.717, 1.165) is 0 Å². The fraction of sp³-hybridized carbons (Fsp3) is 0.571. The molecule has 0 saturated heterocycles. The second kappa shape index (κ2) is 3.53. The summed E-state index contributed by atoms with van der Waals surface area (Å²) in [6, 6.07) is -0.542. The Morgan fingerprint density at radius 3 is 2.69 bits per heavy atom. The maximum atomic E-state index is 10.7. The van der Waals surface area contributed by atoms with Crippen LogP contribution in [-0.4, -0.2) is 26.0 Å². The number of carbonyl (C=O) groups excluding carboxylic acids is 1. The number of nitrogens with two attached hydrogens (primary N) is 1. The Hall–Kier alpha value is -1.43. The van der Waals surface area contributed by atoms with Gasteiger partial charge in [-0.15, -0.1) is 5.10 Å². The average molecular weight is 184 g/mol. The lowest BCUT2D eigenvalue weighted by molar-refractivity contribution is -0.120. The molecule has 0 aliphatic heterocycles. The van der Waals surface area contributed by atoms with Crippen LogP contribution in [0, 0.1) is 0 Å². The third kappa shape index (κ3) is 2.03. The lowest BCUT2D eigenvalue weighted by atomic mass is 10.3. The van der Waals surface area contributed by atoms with Gasteiger partial charge in [-0.05, 0) is 13.8 Å². The lowest BCUT2D eigenvalue weighted by Crippen LogP contribution is -2.24. The Labute approximate surface area is 75.3 Å². The smallest absolute Gasteiger partial charge is 0.242 e. The Balaban J connectivity index is 2.85. The van der Waals surface area contributed by atoms with E-state index in [2.05, 4.69) is 10.3 Å². The first-order chi connectivity index (χ1) is 6.02. The molecule has 0 fully saturated rings.